The van der Waals surface area contributed by atoms with Crippen molar-refractivity contribution >= 4 is 27.7 Å². The number of hydrogen-bond acceptors (Lipinski definition) is 5. The molecule has 230 valence electrons. The summed E-state index contributed by atoms with van der Waals surface area (Å²) in [6.07, 6.45) is 0.693. The first-order valence-corrected chi connectivity index (χ1v) is 15.6. The van der Waals surface area contributed by atoms with Crippen LogP contribution in [0.3, 0.4) is 0 Å². The Morgan fingerprint density at radius 2 is 1.86 bits per heavy atom. The summed E-state index contributed by atoms with van der Waals surface area (Å²) in [6, 6.07) is 16.9. The predicted octanol–water partition coefficient (Wildman–Crippen LogP) is 8.38. The molecule has 2 aliphatic heterocycles. The Kier molecular flexibility index (Phi) is 10.3. The van der Waals surface area contributed by atoms with Crippen LogP contribution in [0.1, 0.15) is 76.3 Å². The van der Waals surface area contributed by atoms with Crippen LogP contribution in [0.5, 0.6) is 0 Å². The number of halogens is 3. The van der Waals surface area contributed by atoms with E-state index in [2.05, 4.69) is 9.71 Å². The maximum atomic E-state index is 13.5. The van der Waals surface area contributed by atoms with E-state index in [0.29, 0.717) is 48.7 Å². The van der Waals surface area contributed by atoms with Gasteiger partial charge in [-0.05, 0) is 61.9 Å². The van der Waals surface area contributed by atoms with Crippen molar-refractivity contribution in [2.75, 3.05) is 4.72 Å². The van der Waals surface area contributed by atoms with Crippen molar-refractivity contribution in [3.05, 3.63) is 100 Å². The molecule has 10 heteroatoms. The fourth-order valence-electron chi connectivity index (χ4n) is 5.67. The number of alkyl halides is 3. The Morgan fingerprint density at radius 1 is 1.12 bits per heavy atom. The van der Waals surface area contributed by atoms with E-state index in [0.717, 1.165) is 12.0 Å². The lowest BCUT2D eigenvalue weighted by Crippen LogP contribution is -2.41. The minimum absolute atomic E-state index is 0.0206. The minimum Gasteiger partial charge on any atom is -0.512 e. The minimum atomic E-state index is -4.52. The van der Waals surface area contributed by atoms with Gasteiger partial charge < -0.3 is 9.84 Å². The highest BCUT2D eigenvalue weighted by molar-refractivity contribution is 8.02. The molecule has 0 aliphatic carbocycles. The van der Waals surface area contributed by atoms with E-state index >= 15 is 0 Å². The summed E-state index contributed by atoms with van der Waals surface area (Å²) < 4.78 is 61.6. The summed E-state index contributed by atoms with van der Waals surface area (Å²) in [5.74, 6) is -1.00. The molecule has 0 spiro atoms. The molecular formula is C33H37F3N2O4S. The lowest BCUT2D eigenvalue weighted by molar-refractivity contribution is -0.161. The third-order valence-electron chi connectivity index (χ3n) is 7.74. The average molecular weight is 615 g/mol. The summed E-state index contributed by atoms with van der Waals surface area (Å²) in [4.78, 5) is 17.3. The van der Waals surface area contributed by atoms with Crippen LogP contribution >= 0.6 is 0 Å². The molecule has 2 aromatic rings. The van der Waals surface area contributed by atoms with Crippen LogP contribution in [-0.4, -0.2) is 32.1 Å². The molecule has 1 unspecified atom stereocenters. The van der Waals surface area contributed by atoms with E-state index in [9.17, 15) is 27.3 Å². The van der Waals surface area contributed by atoms with Crippen LogP contribution in [-0.2, 0) is 26.9 Å². The first-order chi connectivity index (χ1) is 20.4. The first kappa shape index (κ1) is 32.3. The number of esters is 1. The number of nitrogens with zero attached hydrogens (tertiary/aromatic N) is 1. The van der Waals surface area contributed by atoms with Crippen LogP contribution in [0, 0.1) is 0 Å². The maximum Gasteiger partial charge on any atom is 0.414 e. The molecule has 6 nitrogen and oxygen atoms in total. The molecule has 0 saturated heterocycles. The number of rotatable bonds is 10. The van der Waals surface area contributed by atoms with Gasteiger partial charge in [0.15, 0.2) is 11.0 Å². The van der Waals surface area contributed by atoms with E-state index < -0.39 is 40.2 Å². The van der Waals surface area contributed by atoms with Crippen LogP contribution in [0.2, 0.25) is 0 Å². The Labute approximate surface area is 253 Å². The molecule has 0 radical (unpaired) electrons. The number of carbonyl (C=O) groups is 1. The van der Waals surface area contributed by atoms with Gasteiger partial charge in [-0.1, -0.05) is 68.3 Å². The summed E-state index contributed by atoms with van der Waals surface area (Å²) in [5, 5.41) is 11.2. The molecule has 4 rings (SSSR count). The van der Waals surface area contributed by atoms with E-state index in [1.807, 2.05) is 50.2 Å². The van der Waals surface area contributed by atoms with Crippen molar-refractivity contribution in [2.45, 2.75) is 83.4 Å². The topological polar surface area (TPSA) is 88.0 Å². The van der Waals surface area contributed by atoms with Crippen molar-refractivity contribution in [3.63, 3.8) is 0 Å². The number of allylic oxidation sites excluding steroid dienone is 2. The van der Waals surface area contributed by atoms with Crippen LogP contribution < -0.4 is 4.72 Å². The van der Waals surface area contributed by atoms with Crippen molar-refractivity contribution in [1.82, 2.24) is 0 Å². The number of hydrogen-bond donors (Lipinski definition) is 2. The van der Waals surface area contributed by atoms with Crippen molar-refractivity contribution < 1.29 is 32.0 Å². The SMILES string of the molecule is CCC[C@@]1(CCc2ccccc2)CC(O)=C([C@H](CC)c2cccc(NS(=O)C3=NC=C(C(F)(F)F)CC(C)=C3)c2)C(=O)O1. The summed E-state index contributed by atoms with van der Waals surface area (Å²) >= 11 is 0. The van der Waals surface area contributed by atoms with E-state index in [1.54, 1.807) is 18.2 Å². The summed E-state index contributed by atoms with van der Waals surface area (Å²) in [7, 11) is -1.95. The summed E-state index contributed by atoms with van der Waals surface area (Å²) in [6.45, 7) is 5.46. The number of anilines is 1. The van der Waals surface area contributed by atoms with Crippen LogP contribution in [0.25, 0.3) is 0 Å². The van der Waals surface area contributed by atoms with Crippen molar-refractivity contribution in [3.8, 4) is 0 Å². The van der Waals surface area contributed by atoms with Gasteiger partial charge >= 0.3 is 12.1 Å². The van der Waals surface area contributed by atoms with Crippen LogP contribution in [0.15, 0.2) is 94.3 Å². The number of benzene rings is 2. The second-order valence-electron chi connectivity index (χ2n) is 11.1. The lowest BCUT2D eigenvalue weighted by atomic mass is 9.80. The number of nitrogens with one attached hydrogen (secondary N) is 1. The van der Waals surface area contributed by atoms with Gasteiger partial charge in [0.05, 0.1) is 11.1 Å². The normalized spacial score (nSPS) is 20.8. The standard InChI is InChI=1S/C33H37F3N2O4S/c1-4-15-32(16-14-23-10-7-6-8-11-23)20-28(39)30(31(40)42-32)27(5-2)24-12-9-13-26(19-24)38-43(41)29-18-22(3)17-25(21-37-29)33(34,35)36/h6-13,18-19,21,27,38-39H,4-5,14-17,20H2,1-3H3/t27-,32-,43?/m1/s1. The average Bonchev–Trinajstić information content (AvgIpc) is 3.17. The Balaban J connectivity index is 1.55. The van der Waals surface area contributed by atoms with Gasteiger partial charge in [-0.15, -0.1) is 0 Å². The number of aliphatic hydroxyl groups is 1. The van der Waals surface area contributed by atoms with Gasteiger partial charge in [0.25, 0.3) is 0 Å². The quantitative estimate of drug-likeness (QED) is 0.263. The molecule has 2 aliphatic rings. The number of aliphatic hydroxyl groups excluding tert-OH is 1. The molecule has 2 heterocycles. The molecule has 2 aromatic carbocycles. The third-order valence-corrected chi connectivity index (χ3v) is 8.77. The predicted molar refractivity (Wildman–Crippen MR) is 164 cm³/mol. The number of aryl methyl sites for hydroxylation is 1. The number of cyclic esters (lactones) is 1. The molecule has 3 atom stereocenters. The molecule has 0 bridgehead atoms. The van der Waals surface area contributed by atoms with Gasteiger partial charge in [0, 0.05) is 30.6 Å². The Hall–Kier alpha value is -3.66. The molecule has 0 saturated carbocycles. The maximum absolute atomic E-state index is 13.5. The second-order valence-corrected chi connectivity index (χ2v) is 12.2. The van der Waals surface area contributed by atoms with E-state index in [4.69, 9.17) is 4.74 Å². The zero-order chi connectivity index (χ0) is 31.2. The number of aliphatic imine (C=N–C) groups is 1. The van der Waals surface area contributed by atoms with Gasteiger partial charge in [-0.2, -0.15) is 13.2 Å². The van der Waals surface area contributed by atoms with Crippen molar-refractivity contribution in [2.24, 2.45) is 4.99 Å². The Bertz CT molecular complexity index is 1480. The van der Waals surface area contributed by atoms with Gasteiger partial charge in [0.1, 0.15) is 16.4 Å². The lowest BCUT2D eigenvalue weighted by Gasteiger charge is -2.38. The zero-order valence-corrected chi connectivity index (χ0v) is 25.4. The molecule has 0 fully saturated rings. The molecule has 0 amide bonds. The van der Waals surface area contributed by atoms with Gasteiger partial charge in [-0.3, -0.25) is 4.72 Å². The van der Waals surface area contributed by atoms with E-state index in [-0.39, 0.29) is 29.2 Å². The highest BCUT2D eigenvalue weighted by Crippen LogP contribution is 2.42. The smallest absolute Gasteiger partial charge is 0.414 e. The molecule has 2 N–H and O–H groups in total. The monoisotopic (exact) mass is 614 g/mol. The van der Waals surface area contributed by atoms with Crippen molar-refractivity contribution in [1.29, 1.82) is 0 Å². The second kappa shape index (κ2) is 13.8. The molecular weight excluding hydrogens is 577 g/mol. The van der Waals surface area contributed by atoms with E-state index in [1.165, 1.54) is 13.0 Å². The highest BCUT2D eigenvalue weighted by atomic mass is 32.2. The first-order valence-electron chi connectivity index (χ1n) is 14.4. The number of ether oxygens (including phenoxy) is 1. The molecule has 0 aromatic heterocycles. The largest absolute Gasteiger partial charge is 0.512 e. The van der Waals surface area contributed by atoms with Gasteiger partial charge in [0.2, 0.25) is 0 Å². The fraction of sp³-hybridized carbons (Fsp3) is 0.394. The number of carbonyl (C=O) groups excluding carboxylic acids is 1. The fourth-order valence-corrected chi connectivity index (χ4v) is 6.57. The Morgan fingerprint density at radius 3 is 2.51 bits per heavy atom. The zero-order valence-electron chi connectivity index (χ0n) is 24.5. The third kappa shape index (κ3) is 8.04. The van der Waals surface area contributed by atoms with Crippen LogP contribution in [0.4, 0.5) is 18.9 Å². The van der Waals surface area contributed by atoms with Gasteiger partial charge in [-0.25, -0.2) is 14.0 Å². The summed E-state index contributed by atoms with van der Waals surface area (Å²) in [5.41, 5.74) is 1.26. The highest BCUT2D eigenvalue weighted by Gasteiger charge is 2.43. The molecule has 43 heavy (non-hydrogen) atoms.